The van der Waals surface area contributed by atoms with Crippen LogP contribution in [0, 0.1) is 0 Å². The minimum absolute atomic E-state index is 0.301. The lowest BCUT2D eigenvalue weighted by Crippen LogP contribution is -2.32. The Kier molecular flexibility index (Phi) is 5.48. The van der Waals surface area contributed by atoms with Gasteiger partial charge in [-0.05, 0) is 22.0 Å². The van der Waals surface area contributed by atoms with Gasteiger partial charge in [0.05, 0.1) is 22.2 Å². The van der Waals surface area contributed by atoms with Crippen molar-refractivity contribution in [1.29, 1.82) is 0 Å². The van der Waals surface area contributed by atoms with Crippen LogP contribution in [-0.4, -0.2) is 43.5 Å². The molecule has 1 atom stereocenters. The number of aromatic nitrogens is 1. The summed E-state index contributed by atoms with van der Waals surface area (Å²) in [4.78, 5) is 6.02. The van der Waals surface area contributed by atoms with Gasteiger partial charge in [0.2, 0.25) is 0 Å². The minimum Gasteiger partial charge on any atom is -0.389 e. The van der Waals surface area contributed by atoms with Crippen LogP contribution in [0.1, 0.15) is 0 Å². The van der Waals surface area contributed by atoms with E-state index in [9.17, 15) is 5.11 Å². The lowest BCUT2D eigenvalue weighted by atomic mass is 10.3. The molecule has 1 unspecified atom stereocenters. The van der Waals surface area contributed by atoms with Crippen molar-refractivity contribution in [3.63, 3.8) is 0 Å². The second kappa shape index (κ2) is 6.39. The highest BCUT2D eigenvalue weighted by Crippen LogP contribution is 2.25. The van der Waals surface area contributed by atoms with Gasteiger partial charge in [-0.2, -0.15) is 0 Å². The summed E-state index contributed by atoms with van der Waals surface area (Å²) < 4.78 is 5.66. The molecule has 0 bridgehead atoms. The largest absolute Gasteiger partial charge is 0.389 e. The van der Waals surface area contributed by atoms with Crippen molar-refractivity contribution in [2.24, 2.45) is 0 Å². The number of ether oxygens (including phenoxy) is 1. The van der Waals surface area contributed by atoms with Gasteiger partial charge in [-0.25, -0.2) is 4.98 Å². The number of halogens is 2. The molecule has 4 nitrogen and oxygen atoms in total. The first kappa shape index (κ1) is 13.7. The summed E-state index contributed by atoms with van der Waals surface area (Å²) in [5.41, 5.74) is 0. The quantitative estimate of drug-likeness (QED) is 0.903. The van der Waals surface area contributed by atoms with Gasteiger partial charge in [0, 0.05) is 26.9 Å². The zero-order valence-corrected chi connectivity index (χ0v) is 11.5. The molecule has 1 heterocycles. The highest BCUT2D eigenvalue weighted by Gasteiger charge is 2.12. The Morgan fingerprint density at radius 2 is 2.38 bits per heavy atom. The van der Waals surface area contributed by atoms with Crippen LogP contribution >= 0.6 is 27.5 Å². The third-order valence-corrected chi connectivity index (χ3v) is 2.78. The Balaban J connectivity index is 2.69. The molecule has 0 fully saturated rings. The van der Waals surface area contributed by atoms with E-state index in [1.807, 2.05) is 11.9 Å². The van der Waals surface area contributed by atoms with Crippen LogP contribution in [0.2, 0.25) is 5.02 Å². The fraction of sp³-hybridized carbons (Fsp3) is 0.500. The van der Waals surface area contributed by atoms with E-state index in [-0.39, 0.29) is 0 Å². The number of hydrogen-bond acceptors (Lipinski definition) is 4. The molecular weight excluding hydrogens is 295 g/mol. The first-order chi connectivity index (χ1) is 7.54. The van der Waals surface area contributed by atoms with Gasteiger partial charge in [0.15, 0.2) is 0 Å². The number of nitrogens with zero attached hydrogens (tertiary/aromatic N) is 2. The molecule has 90 valence electrons. The van der Waals surface area contributed by atoms with E-state index >= 15 is 0 Å². The first-order valence-corrected chi connectivity index (χ1v) is 5.91. The van der Waals surface area contributed by atoms with Gasteiger partial charge >= 0.3 is 0 Å². The van der Waals surface area contributed by atoms with Crippen LogP contribution < -0.4 is 4.90 Å². The maximum absolute atomic E-state index is 9.59. The number of pyridine rings is 1. The van der Waals surface area contributed by atoms with Gasteiger partial charge in [-0.1, -0.05) is 11.6 Å². The molecule has 0 aliphatic rings. The second-order valence-electron chi connectivity index (χ2n) is 3.45. The summed E-state index contributed by atoms with van der Waals surface area (Å²) >= 11 is 9.17. The summed E-state index contributed by atoms with van der Waals surface area (Å²) in [6, 6.07) is 1.77. The average molecular weight is 310 g/mol. The van der Waals surface area contributed by atoms with E-state index in [4.69, 9.17) is 16.3 Å². The Morgan fingerprint density at radius 1 is 1.69 bits per heavy atom. The van der Waals surface area contributed by atoms with Crippen LogP contribution in [0.4, 0.5) is 5.82 Å². The Hall–Kier alpha value is -0.360. The Labute approximate surface area is 108 Å². The summed E-state index contributed by atoms with van der Waals surface area (Å²) in [7, 11) is 3.40. The van der Waals surface area contributed by atoms with E-state index < -0.39 is 6.10 Å². The number of aliphatic hydroxyl groups is 1. The van der Waals surface area contributed by atoms with Gasteiger partial charge in [0.25, 0.3) is 0 Å². The third kappa shape index (κ3) is 3.90. The molecule has 1 aromatic rings. The van der Waals surface area contributed by atoms with Crippen molar-refractivity contribution < 1.29 is 9.84 Å². The maximum Gasteiger partial charge on any atom is 0.142 e. The molecule has 0 spiro atoms. The standard InChI is InChI=1S/C10H14BrClN2O2/c1-14(5-8(15)6-16-2)10-9(11)3-7(12)4-13-10/h3-4,8,15H,5-6H2,1-2H3. The number of rotatable bonds is 5. The molecule has 16 heavy (non-hydrogen) atoms. The van der Waals surface area contributed by atoms with Gasteiger partial charge < -0.3 is 14.7 Å². The zero-order chi connectivity index (χ0) is 12.1. The van der Waals surface area contributed by atoms with E-state index in [1.165, 1.54) is 0 Å². The van der Waals surface area contributed by atoms with Gasteiger partial charge in [-0.15, -0.1) is 0 Å². The van der Waals surface area contributed by atoms with Crippen LogP contribution in [0.3, 0.4) is 0 Å². The number of hydrogen-bond donors (Lipinski definition) is 1. The summed E-state index contributed by atoms with van der Waals surface area (Å²) in [6.07, 6.45) is 1.03. The first-order valence-electron chi connectivity index (χ1n) is 4.73. The van der Waals surface area contributed by atoms with E-state index in [1.54, 1.807) is 19.4 Å². The highest BCUT2D eigenvalue weighted by molar-refractivity contribution is 9.10. The molecule has 1 N–H and O–H groups in total. The maximum atomic E-state index is 9.59. The molecule has 0 radical (unpaired) electrons. The predicted molar refractivity (Wildman–Crippen MR) is 68.1 cm³/mol. The molecule has 0 saturated carbocycles. The Bertz CT molecular complexity index is 352. The fourth-order valence-electron chi connectivity index (χ4n) is 1.34. The highest BCUT2D eigenvalue weighted by atomic mass is 79.9. The molecular formula is C10H14BrClN2O2. The summed E-state index contributed by atoms with van der Waals surface area (Å²) in [5.74, 6) is 0.736. The van der Waals surface area contributed by atoms with Crippen molar-refractivity contribution in [2.75, 3.05) is 32.2 Å². The van der Waals surface area contributed by atoms with Crippen molar-refractivity contribution >= 4 is 33.3 Å². The Morgan fingerprint density at radius 3 is 2.94 bits per heavy atom. The van der Waals surface area contributed by atoms with Gasteiger partial charge in [0.1, 0.15) is 5.82 Å². The SMILES string of the molecule is COCC(O)CN(C)c1ncc(Cl)cc1Br. The predicted octanol–water partition coefficient (Wildman–Crippen LogP) is 1.94. The topological polar surface area (TPSA) is 45.6 Å². The van der Waals surface area contributed by atoms with Crippen molar-refractivity contribution in [3.05, 3.63) is 21.8 Å². The zero-order valence-electron chi connectivity index (χ0n) is 9.15. The molecule has 1 rings (SSSR count). The lowest BCUT2D eigenvalue weighted by molar-refractivity contribution is 0.0694. The van der Waals surface area contributed by atoms with Crippen LogP contribution in [0.5, 0.6) is 0 Å². The number of likely N-dealkylation sites (N-methyl/N-ethyl adjacent to an activating group) is 1. The molecule has 1 aromatic heterocycles. The second-order valence-corrected chi connectivity index (χ2v) is 4.74. The lowest BCUT2D eigenvalue weighted by Gasteiger charge is -2.22. The monoisotopic (exact) mass is 308 g/mol. The third-order valence-electron chi connectivity index (χ3n) is 1.99. The van der Waals surface area contributed by atoms with Crippen LogP contribution in [0.25, 0.3) is 0 Å². The van der Waals surface area contributed by atoms with E-state index in [2.05, 4.69) is 20.9 Å². The van der Waals surface area contributed by atoms with E-state index in [0.717, 1.165) is 10.3 Å². The summed E-state index contributed by atoms with van der Waals surface area (Å²) in [5, 5.41) is 10.2. The average Bonchev–Trinajstić information content (AvgIpc) is 2.17. The van der Waals surface area contributed by atoms with Crippen molar-refractivity contribution in [2.45, 2.75) is 6.10 Å². The molecule has 0 saturated heterocycles. The van der Waals surface area contributed by atoms with E-state index in [0.29, 0.717) is 18.2 Å². The fourth-order valence-corrected chi connectivity index (χ4v) is 2.28. The number of anilines is 1. The summed E-state index contributed by atoms with van der Waals surface area (Å²) in [6.45, 7) is 0.747. The number of aliphatic hydroxyl groups excluding tert-OH is 1. The number of methoxy groups -OCH3 is 1. The molecule has 0 aliphatic carbocycles. The molecule has 0 aromatic carbocycles. The van der Waals surface area contributed by atoms with Crippen LogP contribution in [0.15, 0.2) is 16.7 Å². The van der Waals surface area contributed by atoms with Gasteiger partial charge in [-0.3, -0.25) is 0 Å². The molecule has 0 amide bonds. The minimum atomic E-state index is -0.542. The van der Waals surface area contributed by atoms with Crippen LogP contribution in [-0.2, 0) is 4.74 Å². The molecule has 0 aliphatic heterocycles. The van der Waals surface area contributed by atoms with Crippen molar-refractivity contribution in [1.82, 2.24) is 4.98 Å². The normalized spacial score (nSPS) is 12.6. The molecule has 6 heteroatoms. The smallest absolute Gasteiger partial charge is 0.142 e. The van der Waals surface area contributed by atoms with Crippen molar-refractivity contribution in [3.8, 4) is 0 Å².